The Kier molecular flexibility index (Phi) is 6.73. The first-order chi connectivity index (χ1) is 9.13. The van der Waals surface area contributed by atoms with Crippen molar-refractivity contribution in [2.45, 2.75) is 24.7 Å². The van der Waals surface area contributed by atoms with Crippen molar-refractivity contribution in [3.63, 3.8) is 0 Å². The molecular formula is C12H18N4O2S. The summed E-state index contributed by atoms with van der Waals surface area (Å²) in [4.78, 5) is 27.5. The van der Waals surface area contributed by atoms with E-state index in [1.165, 1.54) is 18.0 Å². The third kappa shape index (κ3) is 6.10. The maximum absolute atomic E-state index is 11.5. The van der Waals surface area contributed by atoms with Gasteiger partial charge in [-0.25, -0.2) is 4.79 Å². The average Bonchev–Trinajstić information content (AvgIpc) is 2.38. The molecule has 0 aliphatic carbocycles. The van der Waals surface area contributed by atoms with Gasteiger partial charge >= 0.3 is 6.03 Å². The van der Waals surface area contributed by atoms with Crippen molar-refractivity contribution >= 4 is 29.4 Å². The molecule has 7 heteroatoms. The molecule has 1 aromatic rings. The number of urea groups is 1. The van der Waals surface area contributed by atoms with Crippen LogP contribution in [0.1, 0.15) is 19.8 Å². The summed E-state index contributed by atoms with van der Waals surface area (Å²) in [6, 6.07) is 1.27. The van der Waals surface area contributed by atoms with Crippen LogP contribution >= 0.6 is 11.8 Å². The smallest absolute Gasteiger partial charge is 0.321 e. The number of hydrogen-bond donors (Lipinski definition) is 3. The summed E-state index contributed by atoms with van der Waals surface area (Å²) in [5.41, 5.74) is 6.22. The maximum atomic E-state index is 11.5. The van der Waals surface area contributed by atoms with E-state index in [4.69, 9.17) is 5.73 Å². The summed E-state index contributed by atoms with van der Waals surface area (Å²) in [5.74, 6) is -0.217. The van der Waals surface area contributed by atoms with Gasteiger partial charge in [-0.2, -0.15) is 0 Å². The number of unbranched alkanes of at least 4 members (excludes halogenated alkanes) is 1. The predicted octanol–water partition coefficient (Wildman–Crippen LogP) is 1.38. The molecule has 0 fully saturated rings. The summed E-state index contributed by atoms with van der Waals surface area (Å²) >= 11 is 1.27. The Bertz CT molecular complexity index is 439. The van der Waals surface area contributed by atoms with E-state index in [-0.39, 0.29) is 11.7 Å². The number of hydrogen-bond acceptors (Lipinski definition) is 5. The first kappa shape index (κ1) is 15.3. The van der Waals surface area contributed by atoms with Gasteiger partial charge in [-0.05, 0) is 12.5 Å². The number of nitrogens with one attached hydrogen (secondary N) is 2. The Labute approximate surface area is 116 Å². The molecular weight excluding hydrogens is 264 g/mol. The van der Waals surface area contributed by atoms with Crippen molar-refractivity contribution in [3.05, 3.63) is 18.5 Å². The number of pyridine rings is 1. The van der Waals surface area contributed by atoms with Crippen LogP contribution in [-0.4, -0.2) is 29.2 Å². The number of nitrogens with zero attached hydrogens (tertiary/aromatic N) is 1. The molecule has 0 saturated heterocycles. The molecule has 0 aliphatic rings. The molecule has 19 heavy (non-hydrogen) atoms. The van der Waals surface area contributed by atoms with Gasteiger partial charge in [0.2, 0.25) is 5.91 Å². The molecule has 1 rings (SSSR count). The van der Waals surface area contributed by atoms with Crippen LogP contribution in [0.25, 0.3) is 0 Å². The Morgan fingerprint density at radius 1 is 1.47 bits per heavy atom. The summed E-state index contributed by atoms with van der Waals surface area (Å²) in [6.07, 6.45) is 5.01. The third-order valence-corrected chi connectivity index (χ3v) is 3.33. The number of nitrogens with two attached hydrogens (primary N) is 1. The summed E-state index contributed by atoms with van der Waals surface area (Å²) in [7, 11) is 0. The number of rotatable bonds is 6. The Morgan fingerprint density at radius 3 is 2.95 bits per heavy atom. The fourth-order valence-corrected chi connectivity index (χ4v) is 1.99. The van der Waals surface area contributed by atoms with E-state index in [1.54, 1.807) is 12.3 Å². The summed E-state index contributed by atoms with van der Waals surface area (Å²) < 4.78 is 0. The molecule has 0 atom stereocenters. The van der Waals surface area contributed by atoms with Crippen LogP contribution in [-0.2, 0) is 4.79 Å². The van der Waals surface area contributed by atoms with E-state index in [2.05, 4.69) is 15.6 Å². The van der Waals surface area contributed by atoms with Gasteiger partial charge < -0.3 is 11.1 Å². The largest absolute Gasteiger partial charge is 0.397 e. The molecule has 0 radical (unpaired) electrons. The molecule has 4 N–H and O–H groups in total. The highest BCUT2D eigenvalue weighted by Crippen LogP contribution is 2.22. The molecule has 3 amide bonds. The van der Waals surface area contributed by atoms with E-state index < -0.39 is 6.03 Å². The quantitative estimate of drug-likeness (QED) is 0.541. The van der Waals surface area contributed by atoms with Gasteiger partial charge in [-0.3, -0.25) is 15.1 Å². The number of aromatic nitrogens is 1. The van der Waals surface area contributed by atoms with Gasteiger partial charge in [-0.15, -0.1) is 11.8 Å². The topological polar surface area (TPSA) is 97.1 Å². The second-order valence-electron chi connectivity index (χ2n) is 3.86. The minimum Gasteiger partial charge on any atom is -0.397 e. The van der Waals surface area contributed by atoms with Crippen molar-refractivity contribution < 1.29 is 9.59 Å². The Morgan fingerprint density at radius 2 is 2.26 bits per heavy atom. The van der Waals surface area contributed by atoms with Gasteiger partial charge in [0.15, 0.2) is 0 Å². The molecule has 0 spiro atoms. The van der Waals surface area contributed by atoms with Gasteiger partial charge in [0.05, 0.1) is 17.6 Å². The van der Waals surface area contributed by atoms with E-state index >= 15 is 0 Å². The second kappa shape index (κ2) is 8.36. The van der Waals surface area contributed by atoms with Crippen LogP contribution in [0.2, 0.25) is 0 Å². The van der Waals surface area contributed by atoms with E-state index in [9.17, 15) is 9.59 Å². The van der Waals surface area contributed by atoms with Crippen LogP contribution in [0.5, 0.6) is 0 Å². The SMILES string of the molecule is CCCCNC(=O)NC(=O)CSc1ccncc1N. The number of carbonyl (C=O) groups is 2. The van der Waals surface area contributed by atoms with Gasteiger partial charge in [-0.1, -0.05) is 13.3 Å². The zero-order chi connectivity index (χ0) is 14.1. The van der Waals surface area contributed by atoms with Crippen molar-refractivity contribution in [2.24, 2.45) is 0 Å². The lowest BCUT2D eigenvalue weighted by Gasteiger charge is -2.06. The second-order valence-corrected chi connectivity index (χ2v) is 4.88. The van der Waals surface area contributed by atoms with Crippen LogP contribution in [0.15, 0.2) is 23.4 Å². The monoisotopic (exact) mass is 282 g/mol. The predicted molar refractivity (Wildman–Crippen MR) is 75.8 cm³/mol. The zero-order valence-corrected chi connectivity index (χ0v) is 11.6. The first-order valence-electron chi connectivity index (χ1n) is 6.03. The maximum Gasteiger partial charge on any atom is 0.321 e. The molecule has 0 aliphatic heterocycles. The minimum absolute atomic E-state index is 0.134. The number of anilines is 1. The number of imide groups is 1. The highest BCUT2D eigenvalue weighted by atomic mass is 32.2. The molecule has 0 aromatic carbocycles. The van der Waals surface area contributed by atoms with Gasteiger partial charge in [0, 0.05) is 17.6 Å². The molecule has 0 unspecified atom stereocenters. The summed E-state index contributed by atoms with van der Waals surface area (Å²) in [6.45, 7) is 2.60. The zero-order valence-electron chi connectivity index (χ0n) is 10.8. The number of nitrogen functional groups attached to an aromatic ring is 1. The normalized spacial score (nSPS) is 9.95. The highest BCUT2D eigenvalue weighted by molar-refractivity contribution is 8.00. The third-order valence-electron chi connectivity index (χ3n) is 2.24. The van der Waals surface area contributed by atoms with Crippen LogP contribution in [0.4, 0.5) is 10.5 Å². The first-order valence-corrected chi connectivity index (χ1v) is 7.02. The number of carbonyl (C=O) groups excluding carboxylic acids is 2. The van der Waals surface area contributed by atoms with E-state index in [0.717, 1.165) is 17.7 Å². The minimum atomic E-state index is -0.457. The number of thioether (sulfide) groups is 1. The van der Waals surface area contributed by atoms with Crippen LogP contribution in [0.3, 0.4) is 0 Å². The molecule has 6 nitrogen and oxygen atoms in total. The van der Waals surface area contributed by atoms with Crippen molar-refractivity contribution in [1.82, 2.24) is 15.6 Å². The van der Waals surface area contributed by atoms with Crippen LogP contribution < -0.4 is 16.4 Å². The lowest BCUT2D eigenvalue weighted by molar-refractivity contribution is -0.117. The van der Waals surface area contributed by atoms with Gasteiger partial charge in [0.25, 0.3) is 0 Å². The highest BCUT2D eigenvalue weighted by Gasteiger charge is 2.08. The van der Waals surface area contributed by atoms with Gasteiger partial charge in [0.1, 0.15) is 0 Å². The molecule has 104 valence electrons. The van der Waals surface area contributed by atoms with Crippen molar-refractivity contribution in [3.8, 4) is 0 Å². The lowest BCUT2D eigenvalue weighted by Crippen LogP contribution is -2.40. The molecule has 1 heterocycles. The molecule has 1 aromatic heterocycles. The Balaban J connectivity index is 2.28. The Hall–Kier alpha value is -1.76. The van der Waals surface area contributed by atoms with E-state index in [1.807, 2.05) is 6.92 Å². The fraction of sp³-hybridized carbons (Fsp3) is 0.417. The fourth-order valence-electron chi connectivity index (χ4n) is 1.25. The molecule has 0 saturated carbocycles. The van der Waals surface area contributed by atoms with Crippen LogP contribution in [0, 0.1) is 0 Å². The van der Waals surface area contributed by atoms with E-state index in [0.29, 0.717) is 12.2 Å². The number of amides is 3. The molecule has 0 bridgehead atoms. The van der Waals surface area contributed by atoms with Crippen molar-refractivity contribution in [2.75, 3.05) is 18.0 Å². The van der Waals surface area contributed by atoms with Crippen molar-refractivity contribution in [1.29, 1.82) is 0 Å². The average molecular weight is 282 g/mol. The summed E-state index contributed by atoms with van der Waals surface area (Å²) in [5, 5.41) is 4.87. The lowest BCUT2D eigenvalue weighted by atomic mass is 10.3. The standard InChI is InChI=1S/C12H18N4O2S/c1-2-3-5-15-12(18)16-11(17)8-19-10-4-6-14-7-9(10)13/h4,6-7H,2-3,5,8,13H2,1H3,(H2,15,16,17,18).